The highest BCUT2D eigenvalue weighted by Gasteiger charge is 2.41. The van der Waals surface area contributed by atoms with Gasteiger partial charge in [-0.25, -0.2) is 0 Å². The SMILES string of the molecule is CNC(c1ccc(C)cc1C)C1CC2CCC(C1)N2C. The van der Waals surface area contributed by atoms with Crippen LogP contribution in [0.5, 0.6) is 0 Å². The molecule has 3 atom stereocenters. The molecule has 1 aromatic rings. The first-order chi connectivity index (χ1) is 9.60. The fraction of sp³-hybridized carbons (Fsp3) is 0.667. The van der Waals surface area contributed by atoms with E-state index < -0.39 is 0 Å². The molecule has 2 saturated heterocycles. The number of fused-ring (bicyclic) bond motifs is 2. The monoisotopic (exact) mass is 272 g/mol. The van der Waals surface area contributed by atoms with Crippen LogP contribution in [0.4, 0.5) is 0 Å². The van der Waals surface area contributed by atoms with Crippen LogP contribution in [0.15, 0.2) is 18.2 Å². The first kappa shape index (κ1) is 14.1. The van der Waals surface area contributed by atoms with E-state index in [4.69, 9.17) is 0 Å². The van der Waals surface area contributed by atoms with E-state index >= 15 is 0 Å². The second-order valence-electron chi connectivity index (χ2n) is 6.91. The smallest absolute Gasteiger partial charge is 0.0349 e. The van der Waals surface area contributed by atoms with Gasteiger partial charge in [0.2, 0.25) is 0 Å². The Morgan fingerprint density at radius 2 is 1.80 bits per heavy atom. The van der Waals surface area contributed by atoms with Crippen molar-refractivity contribution in [3.63, 3.8) is 0 Å². The Morgan fingerprint density at radius 1 is 1.15 bits per heavy atom. The average molecular weight is 272 g/mol. The van der Waals surface area contributed by atoms with Crippen molar-refractivity contribution in [2.24, 2.45) is 5.92 Å². The van der Waals surface area contributed by atoms with Crippen molar-refractivity contribution in [3.05, 3.63) is 34.9 Å². The number of rotatable bonds is 3. The molecule has 0 spiro atoms. The van der Waals surface area contributed by atoms with Gasteiger partial charge in [-0.05, 0) is 70.7 Å². The van der Waals surface area contributed by atoms with Crippen LogP contribution in [0, 0.1) is 19.8 Å². The number of aryl methyl sites for hydroxylation is 2. The zero-order valence-electron chi connectivity index (χ0n) is 13.3. The molecular weight excluding hydrogens is 244 g/mol. The number of piperidine rings is 1. The van der Waals surface area contributed by atoms with Crippen LogP contribution in [-0.4, -0.2) is 31.1 Å². The molecule has 0 aromatic heterocycles. The maximum atomic E-state index is 3.61. The van der Waals surface area contributed by atoms with Gasteiger partial charge >= 0.3 is 0 Å². The van der Waals surface area contributed by atoms with Crippen molar-refractivity contribution in [2.45, 2.75) is 57.7 Å². The van der Waals surface area contributed by atoms with Gasteiger partial charge in [0.05, 0.1) is 0 Å². The molecule has 0 radical (unpaired) electrons. The second kappa shape index (κ2) is 5.50. The largest absolute Gasteiger partial charge is 0.313 e. The van der Waals surface area contributed by atoms with Crippen LogP contribution >= 0.6 is 0 Å². The van der Waals surface area contributed by atoms with Crippen molar-refractivity contribution in [2.75, 3.05) is 14.1 Å². The fourth-order valence-corrected chi connectivity index (χ4v) is 4.55. The van der Waals surface area contributed by atoms with Crippen molar-refractivity contribution in [1.82, 2.24) is 10.2 Å². The van der Waals surface area contributed by atoms with Crippen LogP contribution in [0.25, 0.3) is 0 Å². The molecule has 0 aliphatic carbocycles. The van der Waals surface area contributed by atoms with Gasteiger partial charge in [0.1, 0.15) is 0 Å². The van der Waals surface area contributed by atoms with E-state index in [1.807, 2.05) is 0 Å². The van der Waals surface area contributed by atoms with Gasteiger partial charge in [-0.15, -0.1) is 0 Å². The average Bonchev–Trinajstić information content (AvgIpc) is 2.64. The summed E-state index contributed by atoms with van der Waals surface area (Å²) in [7, 11) is 4.45. The molecule has 2 heteroatoms. The minimum Gasteiger partial charge on any atom is -0.313 e. The zero-order chi connectivity index (χ0) is 14.3. The number of hydrogen-bond donors (Lipinski definition) is 1. The molecule has 110 valence electrons. The summed E-state index contributed by atoms with van der Waals surface area (Å²) in [4.78, 5) is 2.63. The Bertz CT molecular complexity index is 468. The van der Waals surface area contributed by atoms with Crippen LogP contribution in [0.3, 0.4) is 0 Å². The van der Waals surface area contributed by atoms with E-state index in [0.29, 0.717) is 6.04 Å². The first-order valence-corrected chi connectivity index (χ1v) is 8.06. The van der Waals surface area contributed by atoms with Gasteiger partial charge in [0.15, 0.2) is 0 Å². The molecule has 2 aliphatic heterocycles. The number of nitrogens with one attached hydrogen (secondary N) is 1. The Balaban J connectivity index is 1.83. The van der Waals surface area contributed by atoms with Gasteiger partial charge in [0.25, 0.3) is 0 Å². The molecule has 1 aromatic carbocycles. The van der Waals surface area contributed by atoms with E-state index in [2.05, 4.69) is 56.4 Å². The van der Waals surface area contributed by atoms with Crippen LogP contribution in [0.1, 0.15) is 48.4 Å². The second-order valence-corrected chi connectivity index (χ2v) is 6.91. The summed E-state index contributed by atoms with van der Waals surface area (Å²) < 4.78 is 0. The predicted octanol–water partition coefficient (Wildman–Crippen LogP) is 3.44. The molecule has 1 N–H and O–H groups in total. The molecule has 0 amide bonds. The summed E-state index contributed by atoms with van der Waals surface area (Å²) >= 11 is 0. The molecule has 3 unspecified atom stereocenters. The summed E-state index contributed by atoms with van der Waals surface area (Å²) in [5.41, 5.74) is 4.31. The standard InChI is InChI=1S/C18H28N2/c1-12-5-8-17(13(2)9-12)18(19-3)14-10-15-6-7-16(11-14)20(15)4/h5,8-9,14-16,18-19H,6-7,10-11H2,1-4H3. The van der Waals surface area contributed by atoms with Crippen LogP contribution in [0.2, 0.25) is 0 Å². The minimum absolute atomic E-state index is 0.521. The zero-order valence-corrected chi connectivity index (χ0v) is 13.3. The Morgan fingerprint density at radius 3 is 2.35 bits per heavy atom. The summed E-state index contributed by atoms with van der Waals surface area (Å²) in [5.74, 6) is 0.787. The van der Waals surface area contributed by atoms with Crippen molar-refractivity contribution < 1.29 is 0 Å². The number of benzene rings is 1. The summed E-state index contributed by atoms with van der Waals surface area (Å²) in [6.07, 6.45) is 5.51. The molecule has 2 aliphatic rings. The summed E-state index contributed by atoms with van der Waals surface area (Å²) in [5, 5.41) is 3.61. The third-order valence-corrected chi connectivity index (χ3v) is 5.68. The molecule has 3 rings (SSSR count). The lowest BCUT2D eigenvalue weighted by molar-refractivity contribution is 0.114. The van der Waals surface area contributed by atoms with Gasteiger partial charge < -0.3 is 10.2 Å². The highest BCUT2D eigenvalue weighted by atomic mass is 15.2. The van der Waals surface area contributed by atoms with E-state index in [9.17, 15) is 0 Å². The van der Waals surface area contributed by atoms with Gasteiger partial charge in [-0.2, -0.15) is 0 Å². The van der Waals surface area contributed by atoms with Gasteiger partial charge in [-0.3, -0.25) is 0 Å². The van der Waals surface area contributed by atoms with Crippen LogP contribution in [-0.2, 0) is 0 Å². The molecular formula is C18H28N2. The lowest BCUT2D eigenvalue weighted by Gasteiger charge is -2.40. The summed E-state index contributed by atoms with van der Waals surface area (Å²) in [6.45, 7) is 4.44. The normalized spacial score (nSPS) is 31.5. The van der Waals surface area contributed by atoms with E-state index in [1.54, 1.807) is 0 Å². The molecule has 2 nitrogen and oxygen atoms in total. The minimum atomic E-state index is 0.521. The quantitative estimate of drug-likeness (QED) is 0.907. The highest BCUT2D eigenvalue weighted by molar-refractivity contribution is 5.33. The maximum absolute atomic E-state index is 3.61. The third kappa shape index (κ3) is 2.40. The fourth-order valence-electron chi connectivity index (χ4n) is 4.55. The maximum Gasteiger partial charge on any atom is 0.0349 e. The van der Waals surface area contributed by atoms with Crippen molar-refractivity contribution in [1.29, 1.82) is 0 Å². The van der Waals surface area contributed by atoms with Gasteiger partial charge in [-0.1, -0.05) is 23.8 Å². The molecule has 2 bridgehead atoms. The first-order valence-electron chi connectivity index (χ1n) is 8.06. The Labute approximate surface area is 123 Å². The topological polar surface area (TPSA) is 15.3 Å². The lowest BCUT2D eigenvalue weighted by atomic mass is 9.81. The predicted molar refractivity (Wildman–Crippen MR) is 85.0 cm³/mol. The molecule has 2 fully saturated rings. The molecule has 2 heterocycles. The highest BCUT2D eigenvalue weighted by Crippen LogP contribution is 2.42. The lowest BCUT2D eigenvalue weighted by Crippen LogP contribution is -2.43. The Kier molecular flexibility index (Phi) is 3.87. The molecule has 20 heavy (non-hydrogen) atoms. The number of nitrogens with zero attached hydrogens (tertiary/aromatic N) is 1. The Hall–Kier alpha value is -0.860. The van der Waals surface area contributed by atoms with Crippen molar-refractivity contribution >= 4 is 0 Å². The third-order valence-electron chi connectivity index (χ3n) is 5.68. The number of hydrogen-bond acceptors (Lipinski definition) is 2. The van der Waals surface area contributed by atoms with Crippen LogP contribution < -0.4 is 5.32 Å². The van der Waals surface area contributed by atoms with Gasteiger partial charge in [0, 0.05) is 18.1 Å². The van der Waals surface area contributed by atoms with Crippen molar-refractivity contribution in [3.8, 4) is 0 Å². The molecule has 0 saturated carbocycles. The summed E-state index contributed by atoms with van der Waals surface area (Å²) in [6, 6.07) is 9.08. The van der Waals surface area contributed by atoms with E-state index in [0.717, 1.165) is 18.0 Å². The van der Waals surface area contributed by atoms with E-state index in [-0.39, 0.29) is 0 Å². The van der Waals surface area contributed by atoms with E-state index in [1.165, 1.54) is 42.4 Å².